The Labute approximate surface area is 173 Å². The van der Waals surface area contributed by atoms with Crippen LogP contribution in [0.4, 0.5) is 5.69 Å². The van der Waals surface area contributed by atoms with Gasteiger partial charge in [0, 0.05) is 50.1 Å². The molecule has 0 aliphatic carbocycles. The van der Waals surface area contributed by atoms with Crippen molar-refractivity contribution >= 4 is 45.0 Å². The number of hydrogen-bond acceptors (Lipinski definition) is 5. The topological polar surface area (TPSA) is 78.5 Å². The van der Waals surface area contributed by atoms with Crippen LogP contribution < -0.4 is 14.9 Å². The first-order valence-electron chi connectivity index (χ1n) is 9.43. The van der Waals surface area contributed by atoms with Gasteiger partial charge in [0.05, 0.1) is 4.90 Å². The van der Waals surface area contributed by atoms with Crippen molar-refractivity contribution in [1.82, 2.24) is 10.0 Å². The number of benzene rings is 2. The maximum absolute atomic E-state index is 12.8. The molecule has 8 heteroatoms. The average molecular weight is 424 g/mol. The van der Waals surface area contributed by atoms with E-state index in [4.69, 9.17) is 0 Å². The normalized spacial score (nSPS) is 11.5. The predicted molar refractivity (Wildman–Crippen MR) is 119 cm³/mol. The minimum Gasteiger partial charge on any atom is -0.377 e. The fourth-order valence-electron chi connectivity index (χ4n) is 3.02. The number of carbonyl (C=O) groups is 1. The van der Waals surface area contributed by atoms with Crippen molar-refractivity contribution in [3.05, 3.63) is 36.4 Å². The maximum Gasteiger partial charge on any atom is 0.241 e. The van der Waals surface area contributed by atoms with E-state index < -0.39 is 10.0 Å². The number of hydrogen-bond donors (Lipinski definition) is 3. The van der Waals surface area contributed by atoms with Crippen LogP contribution >= 0.6 is 12.6 Å². The molecular weight excluding hydrogens is 394 g/mol. The van der Waals surface area contributed by atoms with Crippen LogP contribution in [0.1, 0.15) is 25.7 Å². The molecule has 0 atom stereocenters. The molecule has 28 heavy (non-hydrogen) atoms. The highest BCUT2D eigenvalue weighted by Crippen LogP contribution is 2.30. The van der Waals surface area contributed by atoms with Crippen molar-refractivity contribution in [2.75, 3.05) is 37.8 Å². The minimum absolute atomic E-state index is 0.00347. The molecule has 2 N–H and O–H groups in total. The molecule has 2 aromatic rings. The molecule has 6 nitrogen and oxygen atoms in total. The van der Waals surface area contributed by atoms with E-state index in [-0.39, 0.29) is 5.91 Å². The molecular formula is C20H29N3O3S2. The highest BCUT2D eigenvalue weighted by Gasteiger charge is 2.17. The Morgan fingerprint density at radius 1 is 1.00 bits per heavy atom. The van der Waals surface area contributed by atoms with Crippen LogP contribution in [-0.2, 0) is 14.8 Å². The summed E-state index contributed by atoms with van der Waals surface area (Å²) in [6.45, 7) is 0.979. The zero-order chi connectivity index (χ0) is 20.6. The second kappa shape index (κ2) is 10.7. The van der Waals surface area contributed by atoms with Crippen molar-refractivity contribution in [3.63, 3.8) is 0 Å². The Balaban J connectivity index is 1.93. The number of amides is 1. The molecule has 2 aromatic carbocycles. The highest BCUT2D eigenvalue weighted by molar-refractivity contribution is 7.89. The number of unbranched alkanes of at least 4 members (excludes halogenated alkanes) is 2. The second-order valence-electron chi connectivity index (χ2n) is 6.80. The van der Waals surface area contributed by atoms with Crippen molar-refractivity contribution in [2.45, 2.75) is 30.6 Å². The molecule has 0 bridgehead atoms. The quantitative estimate of drug-likeness (QED) is 0.384. The van der Waals surface area contributed by atoms with Crippen molar-refractivity contribution < 1.29 is 13.2 Å². The van der Waals surface area contributed by atoms with Gasteiger partial charge in [0.1, 0.15) is 0 Å². The Bertz CT molecular complexity index is 899. The molecule has 0 radical (unpaired) electrons. The van der Waals surface area contributed by atoms with Crippen LogP contribution in [0.2, 0.25) is 0 Å². The summed E-state index contributed by atoms with van der Waals surface area (Å²) < 4.78 is 28.3. The van der Waals surface area contributed by atoms with E-state index in [1.807, 2.05) is 43.3 Å². The Morgan fingerprint density at radius 3 is 2.39 bits per heavy atom. The van der Waals surface area contributed by atoms with Crippen LogP contribution in [0, 0.1) is 0 Å². The smallest absolute Gasteiger partial charge is 0.241 e. The third-order valence-corrected chi connectivity index (χ3v) is 6.18. The van der Waals surface area contributed by atoms with Crippen molar-refractivity contribution in [2.24, 2.45) is 0 Å². The summed E-state index contributed by atoms with van der Waals surface area (Å²) in [6.07, 6.45) is 2.79. The Kier molecular flexibility index (Phi) is 8.59. The fourth-order valence-corrected chi connectivity index (χ4v) is 4.51. The molecule has 0 aromatic heterocycles. The first-order chi connectivity index (χ1) is 13.4. The molecule has 0 heterocycles. The molecule has 0 aliphatic rings. The number of thiol groups is 1. The lowest BCUT2D eigenvalue weighted by Gasteiger charge is -2.17. The largest absolute Gasteiger partial charge is 0.377 e. The fraction of sp³-hybridized carbons (Fsp3) is 0.450. The van der Waals surface area contributed by atoms with E-state index in [9.17, 15) is 13.2 Å². The first-order valence-corrected chi connectivity index (χ1v) is 11.5. The van der Waals surface area contributed by atoms with E-state index in [1.54, 1.807) is 12.1 Å². The van der Waals surface area contributed by atoms with E-state index in [0.29, 0.717) is 35.5 Å². The monoisotopic (exact) mass is 423 g/mol. The van der Waals surface area contributed by atoms with Gasteiger partial charge in [-0.25, -0.2) is 13.1 Å². The van der Waals surface area contributed by atoms with Crippen LogP contribution in [0.25, 0.3) is 10.8 Å². The van der Waals surface area contributed by atoms with Gasteiger partial charge in [-0.2, -0.15) is 12.6 Å². The summed E-state index contributed by atoms with van der Waals surface area (Å²) in [6, 6.07) is 11.0. The van der Waals surface area contributed by atoms with Gasteiger partial charge in [-0.1, -0.05) is 30.7 Å². The molecule has 0 unspecified atom stereocenters. The second-order valence-corrected chi connectivity index (χ2v) is 8.99. The summed E-state index contributed by atoms with van der Waals surface area (Å²) in [4.78, 5) is 13.6. The van der Waals surface area contributed by atoms with Gasteiger partial charge in [0.15, 0.2) is 0 Å². The van der Waals surface area contributed by atoms with Gasteiger partial charge in [-0.05, 0) is 30.7 Å². The maximum atomic E-state index is 12.8. The molecule has 0 saturated carbocycles. The van der Waals surface area contributed by atoms with Gasteiger partial charge in [-0.15, -0.1) is 0 Å². The number of nitrogens with zero attached hydrogens (tertiary/aromatic N) is 1. The third-order valence-electron chi connectivity index (χ3n) is 4.44. The lowest BCUT2D eigenvalue weighted by atomic mass is 10.1. The Hall–Kier alpha value is -1.77. The minimum atomic E-state index is -3.59. The van der Waals surface area contributed by atoms with Crippen LogP contribution in [0.15, 0.2) is 41.3 Å². The molecule has 154 valence electrons. The molecule has 1 amide bonds. The molecule has 2 rings (SSSR count). The summed E-state index contributed by atoms with van der Waals surface area (Å²) in [5, 5.41) is 4.45. The van der Waals surface area contributed by atoms with Crippen molar-refractivity contribution in [1.29, 1.82) is 0 Å². The lowest BCUT2D eigenvalue weighted by molar-refractivity contribution is -0.120. The van der Waals surface area contributed by atoms with Gasteiger partial charge in [0.25, 0.3) is 0 Å². The van der Waals surface area contributed by atoms with E-state index in [1.165, 1.54) is 0 Å². The lowest BCUT2D eigenvalue weighted by Crippen LogP contribution is -2.26. The number of nitrogens with one attached hydrogen (secondary N) is 2. The summed E-state index contributed by atoms with van der Waals surface area (Å²) in [5.41, 5.74) is 0.981. The molecule has 0 spiro atoms. The van der Waals surface area contributed by atoms with Crippen LogP contribution in [0.3, 0.4) is 0 Å². The van der Waals surface area contributed by atoms with Gasteiger partial charge in [0.2, 0.25) is 15.9 Å². The van der Waals surface area contributed by atoms with Crippen molar-refractivity contribution in [3.8, 4) is 0 Å². The molecule has 0 aliphatic heterocycles. The van der Waals surface area contributed by atoms with Crippen LogP contribution in [-0.4, -0.2) is 47.3 Å². The number of carbonyl (C=O) groups excluding carboxylic acids is 1. The van der Waals surface area contributed by atoms with Crippen LogP contribution in [0.5, 0.6) is 0 Å². The molecule has 0 saturated heterocycles. The summed E-state index contributed by atoms with van der Waals surface area (Å²) in [5.74, 6) is 0.543. The van der Waals surface area contributed by atoms with E-state index in [2.05, 4.69) is 22.7 Å². The first kappa shape index (κ1) is 22.5. The number of fused-ring (bicyclic) bond motifs is 1. The highest BCUT2D eigenvalue weighted by atomic mass is 32.2. The zero-order valence-corrected chi connectivity index (χ0v) is 18.2. The molecule has 0 fully saturated rings. The average Bonchev–Trinajstić information content (AvgIpc) is 2.66. The third kappa shape index (κ3) is 6.12. The number of rotatable bonds is 11. The SMILES string of the molecule is CN(C)c1cccc2c(S(=O)(=O)NCCCCCNC(=O)CCS)cccc12. The van der Waals surface area contributed by atoms with E-state index in [0.717, 1.165) is 30.3 Å². The zero-order valence-electron chi connectivity index (χ0n) is 16.4. The Morgan fingerprint density at radius 2 is 1.68 bits per heavy atom. The van der Waals surface area contributed by atoms with E-state index >= 15 is 0 Å². The number of sulfonamides is 1. The summed E-state index contributed by atoms with van der Waals surface area (Å²) >= 11 is 4.02. The summed E-state index contributed by atoms with van der Waals surface area (Å²) in [7, 11) is 0.290. The van der Waals surface area contributed by atoms with Gasteiger partial charge in [-0.3, -0.25) is 4.79 Å². The van der Waals surface area contributed by atoms with Gasteiger partial charge < -0.3 is 10.2 Å². The predicted octanol–water partition coefficient (Wildman–Crippen LogP) is 2.79. The van der Waals surface area contributed by atoms with Gasteiger partial charge >= 0.3 is 0 Å². The standard InChI is InChI=1S/C20H29N3O3S2/c1-23(2)18-10-6-9-17-16(18)8-7-11-19(17)28(25,26)22-14-5-3-4-13-21-20(24)12-15-27/h6-11,22,27H,3-5,12-15H2,1-2H3,(H,21,24). The number of anilines is 1.